The summed E-state index contributed by atoms with van der Waals surface area (Å²) in [5.41, 5.74) is 6.14. The zero-order valence-electron chi connectivity index (χ0n) is 17.7. The molecule has 31 heavy (non-hydrogen) atoms. The summed E-state index contributed by atoms with van der Waals surface area (Å²) in [6.07, 6.45) is 1.83. The van der Waals surface area contributed by atoms with Crippen LogP contribution in [0, 0.1) is 6.92 Å². The van der Waals surface area contributed by atoms with Crippen LogP contribution < -0.4 is 10.6 Å². The molecule has 0 fully saturated rings. The van der Waals surface area contributed by atoms with Crippen molar-refractivity contribution in [2.45, 2.75) is 32.9 Å². The average molecular weight is 414 g/mol. The maximum atomic E-state index is 12.6. The minimum absolute atomic E-state index is 0.101. The van der Waals surface area contributed by atoms with Crippen LogP contribution in [0.3, 0.4) is 0 Å². The molecule has 3 aromatic carbocycles. The Balaban J connectivity index is 1.24. The fourth-order valence-corrected chi connectivity index (χ4v) is 3.82. The number of fused-ring (bicyclic) bond motifs is 1. The van der Waals surface area contributed by atoms with Crippen molar-refractivity contribution in [2.24, 2.45) is 0 Å². The highest BCUT2D eigenvalue weighted by Gasteiger charge is 2.23. The third-order valence-corrected chi connectivity index (χ3v) is 5.54. The summed E-state index contributed by atoms with van der Waals surface area (Å²) in [7, 11) is 0. The van der Waals surface area contributed by atoms with Crippen LogP contribution in [-0.4, -0.2) is 23.4 Å². The number of anilines is 1. The van der Waals surface area contributed by atoms with Crippen molar-refractivity contribution in [1.82, 2.24) is 10.2 Å². The summed E-state index contributed by atoms with van der Waals surface area (Å²) in [4.78, 5) is 26.7. The van der Waals surface area contributed by atoms with E-state index in [1.54, 1.807) is 29.2 Å². The van der Waals surface area contributed by atoms with E-state index in [2.05, 4.69) is 47.9 Å². The van der Waals surface area contributed by atoms with E-state index in [0.29, 0.717) is 30.9 Å². The molecule has 2 N–H and O–H groups in total. The molecule has 0 aromatic heterocycles. The van der Waals surface area contributed by atoms with Gasteiger partial charge in [0, 0.05) is 30.9 Å². The third kappa shape index (κ3) is 5.31. The Labute approximate surface area is 183 Å². The van der Waals surface area contributed by atoms with E-state index in [1.807, 2.05) is 18.2 Å². The normalized spacial score (nSPS) is 12.4. The number of carbonyl (C=O) groups excluding carboxylic acids is 2. The molecule has 5 nitrogen and oxygen atoms in total. The van der Waals surface area contributed by atoms with E-state index in [-0.39, 0.29) is 11.9 Å². The Morgan fingerprint density at radius 3 is 2.42 bits per heavy atom. The number of aryl methyl sites for hydroxylation is 2. The van der Waals surface area contributed by atoms with E-state index in [4.69, 9.17) is 0 Å². The predicted octanol–water partition coefficient (Wildman–Crippen LogP) is 4.91. The van der Waals surface area contributed by atoms with Gasteiger partial charge < -0.3 is 15.5 Å². The van der Waals surface area contributed by atoms with Gasteiger partial charge in [0.1, 0.15) is 0 Å². The minimum Gasteiger partial charge on any atom is -0.352 e. The SMILES string of the molecule is Cc1ccc2c(c1)CN(C(=O)Nc1ccc(C(=O)NCCCc3ccccc3)cc1)C2. The molecule has 0 atom stereocenters. The molecule has 0 saturated carbocycles. The van der Waals surface area contributed by atoms with E-state index < -0.39 is 0 Å². The summed E-state index contributed by atoms with van der Waals surface area (Å²) in [6.45, 7) is 3.92. The van der Waals surface area contributed by atoms with Crippen LogP contribution in [0.4, 0.5) is 10.5 Å². The van der Waals surface area contributed by atoms with Crippen molar-refractivity contribution < 1.29 is 9.59 Å². The van der Waals surface area contributed by atoms with Gasteiger partial charge in [0.25, 0.3) is 5.91 Å². The van der Waals surface area contributed by atoms with E-state index >= 15 is 0 Å². The van der Waals surface area contributed by atoms with Crippen LogP contribution in [-0.2, 0) is 19.5 Å². The Bertz CT molecular complexity index is 1060. The fraction of sp³-hybridized carbons (Fsp3) is 0.231. The predicted molar refractivity (Wildman–Crippen MR) is 123 cm³/mol. The lowest BCUT2D eigenvalue weighted by molar-refractivity contribution is 0.0953. The second kappa shape index (κ2) is 9.47. The van der Waals surface area contributed by atoms with Crippen molar-refractivity contribution in [2.75, 3.05) is 11.9 Å². The monoisotopic (exact) mass is 413 g/mol. The van der Waals surface area contributed by atoms with Crippen molar-refractivity contribution >= 4 is 17.6 Å². The summed E-state index contributed by atoms with van der Waals surface area (Å²) in [6, 6.07) is 23.4. The molecule has 0 spiro atoms. The lowest BCUT2D eigenvalue weighted by Crippen LogP contribution is -2.30. The average Bonchev–Trinajstić information content (AvgIpc) is 3.21. The number of carbonyl (C=O) groups is 2. The van der Waals surface area contributed by atoms with Gasteiger partial charge in [0.05, 0.1) is 0 Å². The zero-order chi connectivity index (χ0) is 21.6. The molecule has 0 bridgehead atoms. The molecule has 0 saturated heterocycles. The van der Waals surface area contributed by atoms with Gasteiger partial charge in [-0.05, 0) is 60.7 Å². The van der Waals surface area contributed by atoms with Gasteiger partial charge >= 0.3 is 6.03 Å². The van der Waals surface area contributed by atoms with Gasteiger partial charge in [-0.2, -0.15) is 0 Å². The highest BCUT2D eigenvalue weighted by Crippen LogP contribution is 2.24. The van der Waals surface area contributed by atoms with Gasteiger partial charge in [0.2, 0.25) is 0 Å². The Hall–Kier alpha value is -3.60. The number of urea groups is 1. The molecule has 1 aliphatic rings. The Kier molecular flexibility index (Phi) is 6.32. The lowest BCUT2D eigenvalue weighted by atomic mass is 10.1. The van der Waals surface area contributed by atoms with Crippen molar-refractivity contribution in [1.29, 1.82) is 0 Å². The van der Waals surface area contributed by atoms with Gasteiger partial charge in [-0.15, -0.1) is 0 Å². The van der Waals surface area contributed by atoms with Gasteiger partial charge in [-0.1, -0.05) is 54.1 Å². The van der Waals surface area contributed by atoms with E-state index in [0.717, 1.165) is 12.8 Å². The number of hydrogen-bond donors (Lipinski definition) is 2. The first-order valence-electron chi connectivity index (χ1n) is 10.6. The van der Waals surface area contributed by atoms with Crippen LogP contribution in [0.15, 0.2) is 72.8 Å². The molecule has 4 rings (SSSR count). The van der Waals surface area contributed by atoms with E-state index in [9.17, 15) is 9.59 Å². The summed E-state index contributed by atoms with van der Waals surface area (Å²) >= 11 is 0. The van der Waals surface area contributed by atoms with Crippen LogP contribution in [0.1, 0.15) is 39.0 Å². The molecule has 158 valence electrons. The first kappa shape index (κ1) is 20.7. The second-order valence-electron chi connectivity index (χ2n) is 7.98. The molecule has 0 unspecified atom stereocenters. The van der Waals surface area contributed by atoms with Crippen molar-refractivity contribution in [3.63, 3.8) is 0 Å². The summed E-state index contributed by atoms with van der Waals surface area (Å²) < 4.78 is 0. The molecule has 0 radical (unpaired) electrons. The lowest BCUT2D eigenvalue weighted by Gasteiger charge is -2.16. The molecular formula is C26H27N3O2. The zero-order valence-corrected chi connectivity index (χ0v) is 17.7. The molecule has 3 amide bonds. The topological polar surface area (TPSA) is 61.4 Å². The maximum Gasteiger partial charge on any atom is 0.322 e. The molecule has 1 heterocycles. The molecular weight excluding hydrogens is 386 g/mol. The smallest absolute Gasteiger partial charge is 0.322 e. The van der Waals surface area contributed by atoms with Crippen LogP contribution >= 0.6 is 0 Å². The highest BCUT2D eigenvalue weighted by molar-refractivity contribution is 5.95. The number of nitrogens with zero attached hydrogens (tertiary/aromatic N) is 1. The number of amides is 3. The standard InChI is InChI=1S/C26H27N3O2/c1-19-9-10-22-17-29(18-23(22)16-19)26(31)28-24-13-11-21(12-14-24)25(30)27-15-5-8-20-6-3-2-4-7-20/h2-4,6-7,9-14,16H,5,8,15,17-18H2,1H3,(H,27,30)(H,28,31). The van der Waals surface area contributed by atoms with Crippen LogP contribution in [0.2, 0.25) is 0 Å². The number of nitrogens with one attached hydrogen (secondary N) is 2. The summed E-state index contributed by atoms with van der Waals surface area (Å²) in [5, 5.41) is 5.88. The minimum atomic E-state index is -0.132. The van der Waals surface area contributed by atoms with Crippen molar-refractivity contribution in [3.8, 4) is 0 Å². The molecule has 0 aliphatic carbocycles. The van der Waals surface area contributed by atoms with Crippen molar-refractivity contribution in [3.05, 3.63) is 101 Å². The highest BCUT2D eigenvalue weighted by atomic mass is 16.2. The number of benzene rings is 3. The summed E-state index contributed by atoms with van der Waals surface area (Å²) in [5.74, 6) is -0.101. The number of hydrogen-bond acceptors (Lipinski definition) is 2. The Morgan fingerprint density at radius 1 is 0.903 bits per heavy atom. The fourth-order valence-electron chi connectivity index (χ4n) is 3.82. The first-order valence-corrected chi connectivity index (χ1v) is 10.6. The Morgan fingerprint density at radius 2 is 1.65 bits per heavy atom. The molecule has 1 aliphatic heterocycles. The quantitative estimate of drug-likeness (QED) is 0.565. The van der Waals surface area contributed by atoms with Crippen LogP contribution in [0.25, 0.3) is 0 Å². The van der Waals surface area contributed by atoms with Crippen LogP contribution in [0.5, 0.6) is 0 Å². The van der Waals surface area contributed by atoms with E-state index in [1.165, 1.54) is 22.3 Å². The van der Waals surface area contributed by atoms with Gasteiger partial charge in [0.15, 0.2) is 0 Å². The van der Waals surface area contributed by atoms with Gasteiger partial charge in [-0.3, -0.25) is 4.79 Å². The second-order valence-corrected chi connectivity index (χ2v) is 7.98. The molecule has 3 aromatic rings. The third-order valence-electron chi connectivity index (χ3n) is 5.54. The van der Waals surface area contributed by atoms with Gasteiger partial charge in [-0.25, -0.2) is 4.79 Å². The molecule has 5 heteroatoms. The number of rotatable bonds is 6. The maximum absolute atomic E-state index is 12.6. The first-order chi connectivity index (χ1) is 15.1. The largest absolute Gasteiger partial charge is 0.352 e.